The van der Waals surface area contributed by atoms with E-state index in [1.165, 1.54) is 22.2 Å². The molecular weight excluding hydrogens is 327 g/mol. The zero-order valence-electron chi connectivity index (χ0n) is 14.7. The Labute approximate surface area is 152 Å². The van der Waals surface area contributed by atoms with Gasteiger partial charge in [0.2, 0.25) is 0 Å². The Kier molecular flexibility index (Phi) is 3.93. The van der Waals surface area contributed by atoms with E-state index in [9.17, 15) is 4.39 Å². The Morgan fingerprint density at radius 1 is 0.962 bits per heavy atom. The third-order valence-corrected chi connectivity index (χ3v) is 5.87. The number of nitrogens with one attached hydrogen (secondary N) is 1. The molecule has 1 unspecified atom stereocenters. The average Bonchev–Trinajstić information content (AvgIpc) is 3.28. The fourth-order valence-corrected chi connectivity index (χ4v) is 4.55. The Morgan fingerprint density at radius 3 is 2.69 bits per heavy atom. The Bertz CT molecular complexity index is 927. The smallest absolute Gasteiger partial charge is 0.157 e. The van der Waals surface area contributed by atoms with Gasteiger partial charge in [0, 0.05) is 30.6 Å². The summed E-state index contributed by atoms with van der Waals surface area (Å²) < 4.78 is 19.1. The molecule has 1 aliphatic heterocycles. The zero-order valence-corrected chi connectivity index (χ0v) is 14.7. The topological polar surface area (TPSA) is 28.4 Å². The third-order valence-electron chi connectivity index (χ3n) is 5.87. The van der Waals surface area contributed by atoms with Gasteiger partial charge in [0.05, 0.1) is 12.0 Å². The second-order valence-corrected chi connectivity index (χ2v) is 7.56. The summed E-state index contributed by atoms with van der Waals surface area (Å²) in [5.41, 5.74) is 4.66. The number of nitrogens with zero attached hydrogens (tertiary/aromatic N) is 1. The van der Waals surface area contributed by atoms with E-state index in [1.54, 1.807) is 18.4 Å². The number of halogens is 1. The van der Waals surface area contributed by atoms with Crippen molar-refractivity contribution in [3.8, 4) is 0 Å². The van der Waals surface area contributed by atoms with E-state index in [2.05, 4.69) is 28.4 Å². The summed E-state index contributed by atoms with van der Waals surface area (Å²) >= 11 is 0. The molecule has 3 aromatic rings. The molecule has 1 fully saturated rings. The monoisotopic (exact) mass is 350 g/mol. The molecule has 2 heterocycles. The molecule has 0 saturated carbocycles. The SMILES string of the molecule is Fc1ccc2c(c1)CC(NC1CCN(c3cccc4ccoc34)CC1)C2. The molecule has 3 nitrogen and oxygen atoms in total. The first-order valence-corrected chi connectivity index (χ1v) is 9.51. The molecule has 1 atom stereocenters. The van der Waals surface area contributed by atoms with Gasteiger partial charge in [0.25, 0.3) is 0 Å². The van der Waals surface area contributed by atoms with Crippen molar-refractivity contribution in [2.75, 3.05) is 18.0 Å². The lowest BCUT2D eigenvalue weighted by Gasteiger charge is -2.35. The molecule has 4 heteroatoms. The molecule has 0 radical (unpaired) electrons. The lowest BCUT2D eigenvalue weighted by atomic mass is 10.0. The molecule has 1 aromatic heterocycles. The second kappa shape index (κ2) is 6.44. The van der Waals surface area contributed by atoms with E-state index in [0.29, 0.717) is 12.1 Å². The number of para-hydroxylation sites is 1. The van der Waals surface area contributed by atoms with Crippen LogP contribution in [-0.2, 0) is 12.8 Å². The van der Waals surface area contributed by atoms with E-state index in [1.807, 2.05) is 12.1 Å². The number of hydrogen-bond donors (Lipinski definition) is 1. The maximum Gasteiger partial charge on any atom is 0.157 e. The first kappa shape index (κ1) is 15.9. The van der Waals surface area contributed by atoms with Crippen molar-refractivity contribution in [2.24, 2.45) is 0 Å². The van der Waals surface area contributed by atoms with Crippen LogP contribution in [0.25, 0.3) is 11.0 Å². The van der Waals surface area contributed by atoms with E-state index in [0.717, 1.165) is 44.4 Å². The van der Waals surface area contributed by atoms with Crippen LogP contribution in [0.3, 0.4) is 0 Å². The largest absolute Gasteiger partial charge is 0.462 e. The van der Waals surface area contributed by atoms with Crippen molar-refractivity contribution >= 4 is 16.7 Å². The summed E-state index contributed by atoms with van der Waals surface area (Å²) in [5, 5.41) is 4.98. The van der Waals surface area contributed by atoms with E-state index >= 15 is 0 Å². The molecule has 2 aromatic carbocycles. The van der Waals surface area contributed by atoms with Crippen molar-refractivity contribution in [1.82, 2.24) is 5.32 Å². The molecule has 2 aliphatic rings. The minimum atomic E-state index is -0.121. The van der Waals surface area contributed by atoms with Gasteiger partial charge in [-0.05, 0) is 61.1 Å². The van der Waals surface area contributed by atoms with Gasteiger partial charge >= 0.3 is 0 Å². The van der Waals surface area contributed by atoms with Crippen LogP contribution in [0.4, 0.5) is 10.1 Å². The second-order valence-electron chi connectivity index (χ2n) is 7.56. The quantitative estimate of drug-likeness (QED) is 0.763. The minimum Gasteiger partial charge on any atom is -0.462 e. The van der Waals surface area contributed by atoms with Crippen molar-refractivity contribution in [3.63, 3.8) is 0 Å². The number of anilines is 1. The van der Waals surface area contributed by atoms with Crippen molar-refractivity contribution in [2.45, 2.75) is 37.8 Å². The standard InChI is InChI=1S/C22H23FN2O/c23-18-5-4-16-13-20(14-17(16)12-18)24-19-6-9-25(10-7-19)21-3-1-2-15-8-11-26-22(15)21/h1-5,8,11-12,19-20,24H,6-7,9-10,13-14H2. The number of piperidine rings is 1. The molecular formula is C22H23FN2O. The highest BCUT2D eigenvalue weighted by molar-refractivity contribution is 5.89. The molecule has 1 saturated heterocycles. The van der Waals surface area contributed by atoms with E-state index in [-0.39, 0.29) is 5.82 Å². The summed E-state index contributed by atoms with van der Waals surface area (Å²) in [4.78, 5) is 2.43. The molecule has 1 N–H and O–H groups in total. The Balaban J connectivity index is 1.21. The third kappa shape index (κ3) is 2.88. The lowest BCUT2D eigenvalue weighted by Crippen LogP contribution is -2.46. The van der Waals surface area contributed by atoms with Gasteiger partial charge in [-0.15, -0.1) is 0 Å². The number of rotatable bonds is 3. The first-order valence-electron chi connectivity index (χ1n) is 9.51. The predicted octanol–water partition coefficient (Wildman–Crippen LogP) is 4.30. The maximum atomic E-state index is 13.4. The van der Waals surface area contributed by atoms with Crippen LogP contribution in [0.2, 0.25) is 0 Å². The number of benzene rings is 2. The highest BCUT2D eigenvalue weighted by atomic mass is 19.1. The van der Waals surface area contributed by atoms with Gasteiger partial charge < -0.3 is 14.6 Å². The van der Waals surface area contributed by atoms with Gasteiger partial charge in [-0.25, -0.2) is 4.39 Å². The molecule has 0 amide bonds. The molecule has 26 heavy (non-hydrogen) atoms. The summed E-state index contributed by atoms with van der Waals surface area (Å²) in [7, 11) is 0. The maximum absolute atomic E-state index is 13.4. The van der Waals surface area contributed by atoms with E-state index < -0.39 is 0 Å². The van der Waals surface area contributed by atoms with Crippen LogP contribution in [0.1, 0.15) is 24.0 Å². The first-order chi connectivity index (χ1) is 12.8. The Hall–Kier alpha value is -2.33. The fourth-order valence-electron chi connectivity index (χ4n) is 4.55. The van der Waals surface area contributed by atoms with Gasteiger partial charge in [-0.2, -0.15) is 0 Å². The average molecular weight is 350 g/mol. The van der Waals surface area contributed by atoms with Crippen LogP contribution >= 0.6 is 0 Å². The van der Waals surface area contributed by atoms with Gasteiger partial charge in [-0.1, -0.05) is 18.2 Å². The predicted molar refractivity (Wildman–Crippen MR) is 102 cm³/mol. The number of furan rings is 1. The number of hydrogen-bond acceptors (Lipinski definition) is 3. The minimum absolute atomic E-state index is 0.121. The fraction of sp³-hybridized carbons (Fsp3) is 0.364. The summed E-state index contributed by atoms with van der Waals surface area (Å²) in [6, 6.07) is 14.6. The van der Waals surface area contributed by atoms with E-state index in [4.69, 9.17) is 4.42 Å². The lowest BCUT2D eigenvalue weighted by molar-refractivity contribution is 0.370. The van der Waals surface area contributed by atoms with Crippen LogP contribution in [0.5, 0.6) is 0 Å². The van der Waals surface area contributed by atoms with Crippen LogP contribution in [-0.4, -0.2) is 25.2 Å². The zero-order chi connectivity index (χ0) is 17.5. The molecule has 5 rings (SSSR count). The van der Waals surface area contributed by atoms with Crippen LogP contribution in [0, 0.1) is 5.82 Å². The van der Waals surface area contributed by atoms with Crippen LogP contribution < -0.4 is 10.2 Å². The van der Waals surface area contributed by atoms with Crippen molar-refractivity contribution in [3.05, 3.63) is 65.7 Å². The molecule has 0 spiro atoms. The molecule has 0 bridgehead atoms. The highest BCUT2D eigenvalue weighted by Crippen LogP contribution is 2.30. The normalized spacial score (nSPS) is 20.7. The highest BCUT2D eigenvalue weighted by Gasteiger charge is 2.27. The summed E-state index contributed by atoms with van der Waals surface area (Å²) in [6.07, 6.45) is 5.97. The van der Waals surface area contributed by atoms with Crippen molar-refractivity contribution < 1.29 is 8.81 Å². The molecule has 1 aliphatic carbocycles. The Morgan fingerprint density at radius 2 is 1.81 bits per heavy atom. The summed E-state index contributed by atoms with van der Waals surface area (Å²) in [5.74, 6) is -0.121. The van der Waals surface area contributed by atoms with Gasteiger partial charge in [0.15, 0.2) is 5.58 Å². The summed E-state index contributed by atoms with van der Waals surface area (Å²) in [6.45, 7) is 2.07. The van der Waals surface area contributed by atoms with Crippen molar-refractivity contribution in [1.29, 1.82) is 0 Å². The number of fused-ring (bicyclic) bond motifs is 2. The molecule has 134 valence electrons. The van der Waals surface area contributed by atoms with Gasteiger partial charge in [0.1, 0.15) is 5.82 Å². The van der Waals surface area contributed by atoms with Crippen LogP contribution in [0.15, 0.2) is 53.1 Å². The van der Waals surface area contributed by atoms with Gasteiger partial charge in [-0.3, -0.25) is 0 Å².